The third kappa shape index (κ3) is 13.6. The molecule has 11 rings (SSSR count). The fourth-order valence-corrected chi connectivity index (χ4v) is 14.8. The van der Waals surface area contributed by atoms with Gasteiger partial charge in [0.15, 0.2) is 45.9 Å². The fraction of sp³-hybridized carbons (Fsp3) is 0.419. The van der Waals surface area contributed by atoms with Gasteiger partial charge in [0.2, 0.25) is 0 Å². The Morgan fingerprint density at radius 1 is 0.282 bits per heavy atom. The topological polar surface area (TPSA) is 215 Å². The predicted octanol–water partition coefficient (Wildman–Crippen LogP) is 16.8. The van der Waals surface area contributed by atoms with Crippen molar-refractivity contribution in [2.45, 2.75) is 183 Å². The quantitative estimate of drug-likeness (QED) is 0.128. The lowest BCUT2D eigenvalue weighted by molar-refractivity contribution is 0.778. The van der Waals surface area contributed by atoms with Crippen LogP contribution < -0.4 is 4.90 Å². The number of aromatic nitrogens is 16. The van der Waals surface area contributed by atoms with Crippen molar-refractivity contribution in [2.24, 2.45) is 0 Å². The van der Waals surface area contributed by atoms with Gasteiger partial charge in [0.25, 0.3) is 0 Å². The van der Waals surface area contributed by atoms with Crippen LogP contribution in [0.5, 0.6) is 0 Å². The average molecular weight is 1250 g/mol. The van der Waals surface area contributed by atoms with Gasteiger partial charge in [-0.25, -0.2) is 69.8 Å². The van der Waals surface area contributed by atoms with Crippen molar-refractivity contribution in [3.05, 3.63) is 54.6 Å². The summed E-state index contributed by atoms with van der Waals surface area (Å²) in [6.45, 7) is 39.1. The highest BCUT2D eigenvalue weighted by atomic mass is 32.2. The highest BCUT2D eigenvalue weighted by Crippen LogP contribution is 2.48. The molecule has 2 N–H and O–H groups in total. The molecule has 0 unspecified atom stereocenters. The first-order valence-corrected chi connectivity index (χ1v) is 33.0. The Kier molecular flexibility index (Phi) is 15.7. The van der Waals surface area contributed by atoms with Crippen molar-refractivity contribution in [2.75, 3.05) is 19.0 Å². The van der Waals surface area contributed by atoms with Crippen LogP contribution in [-0.4, -0.2) is 122 Å². The highest BCUT2D eigenvalue weighted by molar-refractivity contribution is 8.04. The van der Waals surface area contributed by atoms with Crippen LogP contribution in [-0.2, 0) is 0 Å². The van der Waals surface area contributed by atoms with Crippen molar-refractivity contribution >= 4 is 121 Å². The number of H-pyrrole nitrogens is 2. The summed E-state index contributed by atoms with van der Waals surface area (Å²) in [6.07, 6.45) is 0. The number of nitrogens with zero attached hydrogens (tertiary/aromatic N) is 15. The van der Waals surface area contributed by atoms with E-state index in [0.29, 0.717) is 78.8 Å². The molecule has 0 aliphatic carbocycles. The number of benzene rings is 2. The van der Waals surface area contributed by atoms with Crippen LogP contribution in [0, 0.1) is 0 Å². The zero-order chi connectivity index (χ0) is 61.1. The van der Waals surface area contributed by atoms with E-state index >= 15 is 0 Å². The molecule has 0 spiro atoms. The molecule has 8 bridgehead atoms. The Hall–Kier alpha value is -5.98. The molecule has 0 saturated carbocycles. The predicted molar refractivity (Wildman–Crippen MR) is 357 cm³/mol. The lowest BCUT2D eigenvalue weighted by Crippen LogP contribution is -2.12. The summed E-state index contributed by atoms with van der Waals surface area (Å²) in [5, 5.41) is 4.57. The molecule has 440 valence electrons. The molecular weight excluding hydrogens is 1180 g/mol. The van der Waals surface area contributed by atoms with Crippen molar-refractivity contribution in [1.29, 1.82) is 0 Å². The Morgan fingerprint density at radius 3 is 0.812 bits per heavy atom. The van der Waals surface area contributed by atoms with Crippen molar-refractivity contribution < 1.29 is 0 Å². The molecule has 23 heteroatoms. The Labute approximate surface area is 522 Å². The summed E-state index contributed by atoms with van der Waals surface area (Å²) in [6, 6.07) is 18.4. The Morgan fingerprint density at radius 2 is 0.541 bits per heavy atom. The number of fused-ring (bicyclic) bond motifs is 20. The van der Waals surface area contributed by atoms with E-state index in [-0.39, 0.29) is 51.8 Å². The standard InChI is InChI=1S/C62H71N17S6/c1-57(2,3)80-51-53(82-59(7,8)9)67-39-37(65-51)45-72-43-35-36(64-34(31-26-28-32(29-27-31)79(19)20)33(63-35)30-24-22-21-23-25-30)44(71-43)73-46-38-40(68-54(83-60(10,11)12)52(66-38)81-58(4,5)6)48(75-46)77-50-42-41(49(78-50)76-47(39)74-45)69-55(84-61(13,14)15)56(70-42)85-62(16,17)18/h21-29H,1-20H3,(H2,71,72,73,74,75,76,77,78). The molecule has 9 aromatic rings. The fourth-order valence-electron chi connectivity index (χ4n) is 8.92. The van der Waals surface area contributed by atoms with Gasteiger partial charge >= 0.3 is 0 Å². The minimum atomic E-state index is -0.220. The van der Waals surface area contributed by atoms with E-state index in [1.807, 2.05) is 44.4 Å². The summed E-state index contributed by atoms with van der Waals surface area (Å²) in [4.78, 5) is 85.4. The van der Waals surface area contributed by atoms with E-state index < -0.39 is 0 Å². The van der Waals surface area contributed by atoms with E-state index in [0.717, 1.165) is 47.0 Å². The lowest BCUT2D eigenvalue weighted by Gasteiger charge is -2.22. The maximum atomic E-state index is 5.55. The van der Waals surface area contributed by atoms with Crippen LogP contribution in [0.3, 0.4) is 0 Å². The number of hydrogen-bond acceptors (Lipinski definition) is 21. The van der Waals surface area contributed by atoms with Crippen LogP contribution in [0.15, 0.2) is 84.8 Å². The van der Waals surface area contributed by atoms with Crippen LogP contribution in [0.2, 0.25) is 0 Å². The summed E-state index contributed by atoms with van der Waals surface area (Å²) < 4.78 is -1.29. The second-order valence-corrected chi connectivity index (χ2v) is 37.8. The molecular formula is C62H71N17S6. The number of rotatable bonds is 9. The van der Waals surface area contributed by atoms with Gasteiger partial charge in [-0.1, -0.05) is 238 Å². The van der Waals surface area contributed by atoms with E-state index in [9.17, 15) is 0 Å². The normalized spacial score (nSPS) is 13.2. The van der Waals surface area contributed by atoms with Crippen LogP contribution in [0.4, 0.5) is 5.69 Å². The first-order chi connectivity index (χ1) is 39.6. The van der Waals surface area contributed by atoms with Crippen molar-refractivity contribution in [3.63, 3.8) is 0 Å². The van der Waals surface area contributed by atoms with Gasteiger partial charge < -0.3 is 14.9 Å². The number of anilines is 1. The molecule has 0 atom stereocenters. The van der Waals surface area contributed by atoms with E-state index in [1.165, 1.54) is 0 Å². The third-order valence-corrected chi connectivity index (χ3v) is 19.0. The first kappa shape index (κ1) is 60.7. The largest absolute Gasteiger partial charge is 0.378 e. The molecule has 0 radical (unpaired) electrons. The minimum Gasteiger partial charge on any atom is -0.378 e. The molecule has 2 aliphatic heterocycles. The Balaban J connectivity index is 1.34. The monoisotopic (exact) mass is 1250 g/mol. The van der Waals surface area contributed by atoms with Gasteiger partial charge in [0.05, 0.1) is 11.4 Å². The number of thioether (sulfide) groups is 6. The molecule has 0 amide bonds. The molecule has 9 heterocycles. The van der Waals surface area contributed by atoms with E-state index in [4.69, 9.17) is 69.8 Å². The number of hydrogen-bond donors (Lipinski definition) is 2. The summed E-state index contributed by atoms with van der Waals surface area (Å²) in [5.41, 5.74) is 9.25. The zero-order valence-electron chi connectivity index (χ0n) is 51.9. The minimum absolute atomic E-state index is 0.210. The van der Waals surface area contributed by atoms with E-state index in [2.05, 4.69) is 164 Å². The average Bonchev–Trinajstić information content (AvgIpc) is 1.71. The van der Waals surface area contributed by atoms with Crippen molar-refractivity contribution in [1.82, 2.24) is 79.7 Å². The first-order valence-electron chi connectivity index (χ1n) is 28.1. The van der Waals surface area contributed by atoms with Gasteiger partial charge in [-0.15, -0.1) is 0 Å². The van der Waals surface area contributed by atoms with Gasteiger partial charge in [-0.3, -0.25) is 0 Å². The molecule has 0 saturated heterocycles. The third-order valence-electron chi connectivity index (χ3n) is 12.0. The lowest BCUT2D eigenvalue weighted by atomic mass is 10.0. The summed E-state index contributed by atoms with van der Waals surface area (Å²) >= 11 is 9.90. The van der Waals surface area contributed by atoms with Gasteiger partial charge in [0.1, 0.15) is 75.0 Å². The molecule has 17 nitrogen and oxygen atoms in total. The van der Waals surface area contributed by atoms with E-state index in [1.54, 1.807) is 70.6 Å². The number of nitrogens with one attached hydrogen (secondary N) is 2. The molecule has 2 aromatic carbocycles. The Bertz CT molecular complexity index is 4290. The summed E-state index contributed by atoms with van der Waals surface area (Å²) in [7, 11) is 4.05. The molecule has 0 fully saturated rings. The second-order valence-electron chi connectivity index (χ2n) is 26.9. The van der Waals surface area contributed by atoms with Crippen LogP contribution in [0.25, 0.3) is 113 Å². The van der Waals surface area contributed by atoms with Crippen molar-refractivity contribution in [3.8, 4) is 68.6 Å². The summed E-state index contributed by atoms with van der Waals surface area (Å²) in [5.74, 6) is 1.11. The zero-order valence-corrected chi connectivity index (χ0v) is 56.8. The maximum Gasteiger partial charge on any atom is 0.184 e. The van der Waals surface area contributed by atoms with Gasteiger partial charge in [-0.2, -0.15) is 0 Å². The number of aromatic amines is 2. The SMILES string of the molecule is CN(C)c1ccc(-c2nc3c4nc5nc(nc6[nH]c(nc7nc(nc([nH]4)c3nc2-c2ccccc2)-c2nc(SC(C)(C)C)c(SC(C)(C)C)nc2-7)c2nc(SC(C)(C)C)c(SC(C)(C)C)nc62)-c2nc(SC(C)(C)C)c(SC(C)(C)C)nc2-5)cc1. The molecule has 85 heavy (non-hydrogen) atoms. The highest BCUT2D eigenvalue weighted by Gasteiger charge is 2.34. The van der Waals surface area contributed by atoms with Gasteiger partial charge in [0, 0.05) is 59.4 Å². The molecule has 7 aromatic heterocycles. The van der Waals surface area contributed by atoms with Crippen LogP contribution >= 0.6 is 70.6 Å². The maximum absolute atomic E-state index is 5.55. The van der Waals surface area contributed by atoms with Gasteiger partial charge in [-0.05, 0) is 12.1 Å². The smallest absolute Gasteiger partial charge is 0.184 e. The second kappa shape index (κ2) is 22.0. The molecule has 2 aliphatic rings. The van der Waals surface area contributed by atoms with Crippen LogP contribution in [0.1, 0.15) is 125 Å².